The van der Waals surface area contributed by atoms with E-state index in [1.54, 1.807) is 0 Å². The van der Waals surface area contributed by atoms with Gasteiger partial charge in [0.25, 0.3) is 0 Å². The summed E-state index contributed by atoms with van der Waals surface area (Å²) in [5, 5.41) is 0. The van der Waals surface area contributed by atoms with Crippen LogP contribution >= 0.6 is 0 Å². The minimum atomic E-state index is 0.542. The fourth-order valence-corrected chi connectivity index (χ4v) is 3.75. The molecule has 1 saturated heterocycles. The Morgan fingerprint density at radius 3 is 1.90 bits per heavy atom. The molecule has 0 saturated carbocycles. The van der Waals surface area contributed by atoms with Crippen molar-refractivity contribution in [2.24, 2.45) is 0 Å². The van der Waals surface area contributed by atoms with Crippen molar-refractivity contribution in [2.75, 3.05) is 39.8 Å². The maximum Gasteiger partial charge on any atom is 0.0229 e. The molecule has 1 heterocycles. The highest BCUT2D eigenvalue weighted by Gasteiger charge is 2.29. The van der Waals surface area contributed by atoms with Gasteiger partial charge in [0.2, 0.25) is 0 Å². The lowest BCUT2D eigenvalue weighted by Crippen LogP contribution is -2.45. The Balaban J connectivity index is 1.66. The summed E-state index contributed by atoms with van der Waals surface area (Å²) in [7, 11) is 2.22. The summed E-state index contributed by atoms with van der Waals surface area (Å²) in [5.74, 6) is 0.542. The van der Waals surface area contributed by atoms with Gasteiger partial charge in [-0.1, -0.05) is 48.5 Å². The van der Waals surface area contributed by atoms with Crippen molar-refractivity contribution in [3.63, 3.8) is 0 Å². The van der Waals surface area contributed by atoms with E-state index in [9.17, 15) is 0 Å². The number of likely N-dealkylation sites (N-methyl/N-ethyl adjacent to an activating group) is 1. The average molecular weight is 278 g/mol. The van der Waals surface area contributed by atoms with Crippen LogP contribution in [0.4, 0.5) is 0 Å². The van der Waals surface area contributed by atoms with Crippen LogP contribution in [-0.2, 0) is 0 Å². The second kappa shape index (κ2) is 5.28. The highest BCUT2D eigenvalue weighted by molar-refractivity contribution is 5.78. The van der Waals surface area contributed by atoms with Crippen LogP contribution in [-0.4, -0.2) is 49.6 Å². The van der Waals surface area contributed by atoms with Gasteiger partial charge >= 0.3 is 0 Å². The standard InChI is InChI=1S/C19H22N2/c1-20-10-12-21(13-11-20)14-19-17-8-4-2-6-15(17)16-7-3-5-9-18(16)19/h2-9,19H,10-14H2,1H3. The second-order valence-electron chi connectivity index (χ2n) is 6.33. The molecule has 2 nitrogen and oxygen atoms in total. The summed E-state index contributed by atoms with van der Waals surface area (Å²) in [4.78, 5) is 5.05. The molecule has 1 aliphatic heterocycles. The highest BCUT2D eigenvalue weighted by Crippen LogP contribution is 2.44. The fourth-order valence-electron chi connectivity index (χ4n) is 3.75. The Hall–Kier alpha value is -1.64. The van der Waals surface area contributed by atoms with Crippen molar-refractivity contribution in [1.82, 2.24) is 9.80 Å². The first-order valence-electron chi connectivity index (χ1n) is 7.92. The number of fused-ring (bicyclic) bond motifs is 3. The third kappa shape index (κ3) is 2.29. The first kappa shape index (κ1) is 13.1. The second-order valence-corrected chi connectivity index (χ2v) is 6.33. The van der Waals surface area contributed by atoms with Crippen molar-refractivity contribution < 1.29 is 0 Å². The van der Waals surface area contributed by atoms with E-state index in [-0.39, 0.29) is 0 Å². The molecule has 2 aliphatic rings. The lowest BCUT2D eigenvalue weighted by Gasteiger charge is -2.34. The predicted octanol–water partition coefficient (Wildman–Crippen LogP) is 3.05. The number of piperazine rings is 1. The van der Waals surface area contributed by atoms with Gasteiger partial charge in [-0.2, -0.15) is 0 Å². The lowest BCUT2D eigenvalue weighted by atomic mass is 9.96. The molecule has 108 valence electrons. The monoisotopic (exact) mass is 278 g/mol. The van der Waals surface area contributed by atoms with Crippen LogP contribution in [0.15, 0.2) is 48.5 Å². The van der Waals surface area contributed by atoms with Gasteiger partial charge in [0.1, 0.15) is 0 Å². The minimum absolute atomic E-state index is 0.542. The summed E-state index contributed by atoms with van der Waals surface area (Å²) in [5.41, 5.74) is 5.90. The molecule has 0 aromatic heterocycles. The number of nitrogens with zero attached hydrogens (tertiary/aromatic N) is 2. The van der Waals surface area contributed by atoms with Gasteiger partial charge in [-0.3, -0.25) is 4.90 Å². The van der Waals surface area contributed by atoms with E-state index in [4.69, 9.17) is 0 Å². The zero-order valence-electron chi connectivity index (χ0n) is 12.6. The Bertz CT molecular complexity index is 596. The van der Waals surface area contributed by atoms with Crippen LogP contribution in [0.5, 0.6) is 0 Å². The molecule has 1 fully saturated rings. The van der Waals surface area contributed by atoms with E-state index in [0.717, 1.165) is 6.54 Å². The van der Waals surface area contributed by atoms with Crippen LogP contribution in [0.3, 0.4) is 0 Å². The van der Waals surface area contributed by atoms with Crippen LogP contribution in [0.25, 0.3) is 11.1 Å². The van der Waals surface area contributed by atoms with Crippen LogP contribution in [0, 0.1) is 0 Å². The highest BCUT2D eigenvalue weighted by atomic mass is 15.2. The van der Waals surface area contributed by atoms with Crippen LogP contribution < -0.4 is 0 Å². The van der Waals surface area contributed by atoms with E-state index in [1.807, 2.05) is 0 Å². The largest absolute Gasteiger partial charge is 0.304 e. The summed E-state index contributed by atoms with van der Waals surface area (Å²) in [6.07, 6.45) is 0. The summed E-state index contributed by atoms with van der Waals surface area (Å²) < 4.78 is 0. The third-order valence-electron chi connectivity index (χ3n) is 5.00. The molecule has 0 unspecified atom stereocenters. The molecule has 0 spiro atoms. The maximum absolute atomic E-state index is 2.63. The zero-order valence-corrected chi connectivity index (χ0v) is 12.6. The summed E-state index contributed by atoms with van der Waals surface area (Å²) in [6.45, 7) is 5.92. The van der Waals surface area contributed by atoms with Crippen molar-refractivity contribution in [3.05, 3.63) is 59.7 Å². The SMILES string of the molecule is CN1CCN(CC2c3ccccc3-c3ccccc32)CC1. The Kier molecular flexibility index (Phi) is 3.28. The Morgan fingerprint density at radius 1 is 0.810 bits per heavy atom. The molecular weight excluding hydrogens is 256 g/mol. The molecule has 1 aliphatic carbocycles. The van der Waals surface area contributed by atoms with Gasteiger partial charge in [-0.15, -0.1) is 0 Å². The minimum Gasteiger partial charge on any atom is -0.304 e. The maximum atomic E-state index is 2.63. The fraction of sp³-hybridized carbons (Fsp3) is 0.368. The molecular formula is C19H22N2. The summed E-state index contributed by atoms with van der Waals surface area (Å²) in [6, 6.07) is 17.9. The van der Waals surface area contributed by atoms with E-state index in [1.165, 1.54) is 48.4 Å². The molecule has 0 N–H and O–H groups in total. The van der Waals surface area contributed by atoms with E-state index < -0.39 is 0 Å². The number of hydrogen-bond acceptors (Lipinski definition) is 2. The smallest absolute Gasteiger partial charge is 0.0229 e. The van der Waals surface area contributed by atoms with Gasteiger partial charge in [0.15, 0.2) is 0 Å². The molecule has 21 heavy (non-hydrogen) atoms. The third-order valence-corrected chi connectivity index (χ3v) is 5.00. The number of benzene rings is 2. The normalized spacial score (nSPS) is 19.5. The van der Waals surface area contributed by atoms with Crippen molar-refractivity contribution in [2.45, 2.75) is 5.92 Å². The Labute approximate surface area is 127 Å². The van der Waals surface area contributed by atoms with E-state index >= 15 is 0 Å². The molecule has 2 aromatic rings. The van der Waals surface area contributed by atoms with Crippen molar-refractivity contribution in [1.29, 1.82) is 0 Å². The molecule has 0 radical (unpaired) electrons. The van der Waals surface area contributed by atoms with Crippen LogP contribution in [0.1, 0.15) is 17.0 Å². The molecule has 2 heteroatoms. The lowest BCUT2D eigenvalue weighted by molar-refractivity contribution is 0.151. The van der Waals surface area contributed by atoms with Gasteiger partial charge < -0.3 is 4.90 Å². The molecule has 4 rings (SSSR count). The van der Waals surface area contributed by atoms with Gasteiger partial charge in [-0.05, 0) is 29.3 Å². The quantitative estimate of drug-likeness (QED) is 0.833. The first-order valence-corrected chi connectivity index (χ1v) is 7.92. The molecule has 0 bridgehead atoms. The zero-order chi connectivity index (χ0) is 14.2. The van der Waals surface area contributed by atoms with E-state index in [2.05, 4.69) is 65.4 Å². The topological polar surface area (TPSA) is 6.48 Å². The van der Waals surface area contributed by atoms with Gasteiger partial charge in [-0.25, -0.2) is 0 Å². The Morgan fingerprint density at radius 2 is 1.33 bits per heavy atom. The van der Waals surface area contributed by atoms with Crippen molar-refractivity contribution >= 4 is 0 Å². The van der Waals surface area contributed by atoms with Gasteiger partial charge in [0.05, 0.1) is 0 Å². The van der Waals surface area contributed by atoms with Crippen LogP contribution in [0.2, 0.25) is 0 Å². The summed E-state index contributed by atoms with van der Waals surface area (Å²) >= 11 is 0. The number of hydrogen-bond donors (Lipinski definition) is 0. The number of rotatable bonds is 2. The molecule has 0 amide bonds. The average Bonchev–Trinajstić information content (AvgIpc) is 2.85. The molecule has 0 atom stereocenters. The van der Waals surface area contributed by atoms with E-state index in [0.29, 0.717) is 5.92 Å². The predicted molar refractivity (Wildman–Crippen MR) is 87.7 cm³/mol. The molecule has 2 aromatic carbocycles. The van der Waals surface area contributed by atoms with Gasteiger partial charge in [0, 0.05) is 38.6 Å². The first-order chi connectivity index (χ1) is 10.3. The van der Waals surface area contributed by atoms with Crippen molar-refractivity contribution in [3.8, 4) is 11.1 Å².